The van der Waals surface area contributed by atoms with Gasteiger partial charge in [0, 0.05) is 23.4 Å². The Morgan fingerprint density at radius 1 is 1.42 bits per heavy atom. The molecule has 7 heteroatoms. The molecule has 2 fully saturated rings. The molecule has 1 aliphatic heterocycles. The van der Waals surface area contributed by atoms with E-state index in [0.29, 0.717) is 24.0 Å². The van der Waals surface area contributed by atoms with Gasteiger partial charge in [-0.1, -0.05) is 0 Å². The van der Waals surface area contributed by atoms with Crippen LogP contribution in [0, 0.1) is 5.92 Å². The Kier molecular flexibility index (Phi) is 3.65. The SMILES string of the molecule is NCc1cc(S(=O)(=O)NC2CCOC2C2CC2)cs1. The highest BCUT2D eigenvalue weighted by Gasteiger charge is 2.42. The van der Waals surface area contributed by atoms with Gasteiger partial charge >= 0.3 is 0 Å². The van der Waals surface area contributed by atoms with Crippen LogP contribution < -0.4 is 10.5 Å². The van der Waals surface area contributed by atoms with Crippen LogP contribution in [0.1, 0.15) is 24.1 Å². The molecule has 1 saturated heterocycles. The molecular formula is C12H18N2O3S2. The summed E-state index contributed by atoms with van der Waals surface area (Å²) in [6, 6.07) is 1.56. The first-order chi connectivity index (χ1) is 9.10. The van der Waals surface area contributed by atoms with Crippen LogP contribution in [0.4, 0.5) is 0 Å². The molecule has 1 saturated carbocycles. The van der Waals surface area contributed by atoms with Crippen molar-refractivity contribution >= 4 is 21.4 Å². The Hall–Kier alpha value is -0.470. The summed E-state index contributed by atoms with van der Waals surface area (Å²) in [6.45, 7) is 1.02. The summed E-state index contributed by atoms with van der Waals surface area (Å²) in [4.78, 5) is 1.20. The van der Waals surface area contributed by atoms with E-state index in [9.17, 15) is 8.42 Å². The van der Waals surface area contributed by atoms with Crippen LogP contribution in [-0.2, 0) is 21.3 Å². The molecule has 19 heavy (non-hydrogen) atoms. The van der Waals surface area contributed by atoms with Crippen molar-refractivity contribution in [3.63, 3.8) is 0 Å². The largest absolute Gasteiger partial charge is 0.376 e. The Morgan fingerprint density at radius 2 is 2.21 bits per heavy atom. The molecule has 2 heterocycles. The van der Waals surface area contributed by atoms with Gasteiger partial charge in [-0.05, 0) is 31.2 Å². The van der Waals surface area contributed by atoms with Crippen molar-refractivity contribution in [2.75, 3.05) is 6.61 Å². The summed E-state index contributed by atoms with van der Waals surface area (Å²) in [5.74, 6) is 0.539. The molecule has 0 spiro atoms. The molecule has 0 radical (unpaired) electrons. The van der Waals surface area contributed by atoms with E-state index in [1.807, 2.05) is 0 Å². The monoisotopic (exact) mass is 302 g/mol. The second-order valence-corrected chi connectivity index (χ2v) is 7.85. The second-order valence-electron chi connectivity index (χ2n) is 5.14. The zero-order valence-corrected chi connectivity index (χ0v) is 12.2. The zero-order chi connectivity index (χ0) is 13.5. The summed E-state index contributed by atoms with van der Waals surface area (Å²) in [5, 5.41) is 1.65. The van der Waals surface area contributed by atoms with Crippen LogP contribution in [0.25, 0.3) is 0 Å². The number of hydrogen-bond donors (Lipinski definition) is 2. The maximum absolute atomic E-state index is 12.3. The van der Waals surface area contributed by atoms with Crippen LogP contribution in [0.15, 0.2) is 16.3 Å². The molecular weight excluding hydrogens is 284 g/mol. The lowest BCUT2D eigenvalue weighted by Gasteiger charge is -2.18. The first-order valence-corrected chi connectivity index (χ1v) is 8.88. The van der Waals surface area contributed by atoms with Crippen molar-refractivity contribution in [1.82, 2.24) is 4.72 Å². The first kappa shape index (κ1) is 13.5. The number of thiophene rings is 1. The summed E-state index contributed by atoms with van der Waals surface area (Å²) < 4.78 is 33.1. The third-order valence-electron chi connectivity index (χ3n) is 3.67. The molecule has 2 unspecified atom stereocenters. The minimum atomic E-state index is -3.45. The standard InChI is InChI=1S/C12H18N2O3S2/c13-6-9-5-10(7-18-9)19(15,16)14-11-3-4-17-12(11)8-1-2-8/h5,7-8,11-12,14H,1-4,6,13H2. The van der Waals surface area contributed by atoms with E-state index >= 15 is 0 Å². The third kappa shape index (κ3) is 2.85. The van der Waals surface area contributed by atoms with Crippen molar-refractivity contribution in [3.05, 3.63) is 16.3 Å². The lowest BCUT2D eigenvalue weighted by Crippen LogP contribution is -2.41. The predicted octanol–water partition coefficient (Wildman–Crippen LogP) is 1.05. The smallest absolute Gasteiger partial charge is 0.241 e. The minimum absolute atomic E-state index is 0.0578. The number of ether oxygens (including phenoxy) is 1. The fourth-order valence-corrected chi connectivity index (χ4v) is 4.94. The zero-order valence-electron chi connectivity index (χ0n) is 10.5. The predicted molar refractivity (Wildman–Crippen MR) is 73.4 cm³/mol. The van der Waals surface area contributed by atoms with E-state index in [2.05, 4.69) is 4.72 Å². The molecule has 1 aromatic heterocycles. The summed E-state index contributed by atoms with van der Waals surface area (Å²) in [6.07, 6.45) is 3.12. The van der Waals surface area contributed by atoms with Gasteiger partial charge in [-0.15, -0.1) is 11.3 Å². The summed E-state index contributed by atoms with van der Waals surface area (Å²) >= 11 is 1.38. The number of rotatable bonds is 5. The van der Waals surface area contributed by atoms with Crippen molar-refractivity contribution in [2.24, 2.45) is 11.7 Å². The van der Waals surface area contributed by atoms with Crippen molar-refractivity contribution in [3.8, 4) is 0 Å². The highest BCUT2D eigenvalue weighted by Crippen LogP contribution is 2.39. The molecule has 2 atom stereocenters. The molecule has 1 aliphatic carbocycles. The molecule has 0 amide bonds. The average molecular weight is 302 g/mol. The quantitative estimate of drug-likeness (QED) is 0.852. The average Bonchev–Trinajstić information content (AvgIpc) is 2.92. The molecule has 5 nitrogen and oxygen atoms in total. The summed E-state index contributed by atoms with van der Waals surface area (Å²) in [7, 11) is -3.45. The van der Waals surface area contributed by atoms with E-state index in [4.69, 9.17) is 10.5 Å². The Bertz CT molecular complexity index is 551. The van der Waals surface area contributed by atoms with E-state index in [0.717, 1.165) is 24.1 Å². The fraction of sp³-hybridized carbons (Fsp3) is 0.667. The first-order valence-electron chi connectivity index (χ1n) is 6.51. The Morgan fingerprint density at radius 3 is 2.84 bits per heavy atom. The number of nitrogens with one attached hydrogen (secondary N) is 1. The lowest BCUT2D eigenvalue weighted by molar-refractivity contribution is 0.0848. The Labute approximate surface area is 117 Å². The molecule has 0 bridgehead atoms. The molecule has 2 aliphatic rings. The van der Waals surface area contributed by atoms with Gasteiger partial charge in [-0.25, -0.2) is 13.1 Å². The third-order valence-corrected chi connectivity index (χ3v) is 6.25. The normalized spacial score (nSPS) is 27.8. The number of nitrogens with two attached hydrogens (primary N) is 1. The van der Waals surface area contributed by atoms with Crippen molar-refractivity contribution in [2.45, 2.75) is 42.8 Å². The van der Waals surface area contributed by atoms with Gasteiger partial charge in [-0.2, -0.15) is 0 Å². The van der Waals surface area contributed by atoms with E-state index < -0.39 is 10.0 Å². The molecule has 3 N–H and O–H groups in total. The van der Waals surface area contributed by atoms with Gasteiger partial charge in [0.05, 0.1) is 17.0 Å². The van der Waals surface area contributed by atoms with Crippen LogP contribution in [0.2, 0.25) is 0 Å². The number of sulfonamides is 1. The topological polar surface area (TPSA) is 81.4 Å². The van der Waals surface area contributed by atoms with E-state index in [-0.39, 0.29) is 12.1 Å². The van der Waals surface area contributed by atoms with Gasteiger partial charge in [0.15, 0.2) is 0 Å². The van der Waals surface area contributed by atoms with Crippen molar-refractivity contribution < 1.29 is 13.2 Å². The minimum Gasteiger partial charge on any atom is -0.376 e. The lowest BCUT2D eigenvalue weighted by atomic mass is 10.1. The van der Waals surface area contributed by atoms with Crippen LogP contribution in [0.5, 0.6) is 0 Å². The van der Waals surface area contributed by atoms with Gasteiger partial charge in [-0.3, -0.25) is 0 Å². The second kappa shape index (κ2) is 5.14. The van der Waals surface area contributed by atoms with E-state index in [1.54, 1.807) is 11.4 Å². The van der Waals surface area contributed by atoms with Gasteiger partial charge in [0.2, 0.25) is 10.0 Å². The van der Waals surface area contributed by atoms with Crippen molar-refractivity contribution in [1.29, 1.82) is 0 Å². The highest BCUT2D eigenvalue weighted by atomic mass is 32.2. The van der Waals surface area contributed by atoms with Crippen LogP contribution in [0.3, 0.4) is 0 Å². The van der Waals surface area contributed by atoms with E-state index in [1.165, 1.54) is 11.3 Å². The molecule has 106 valence electrons. The number of hydrogen-bond acceptors (Lipinski definition) is 5. The van der Waals surface area contributed by atoms with Gasteiger partial charge in [0.1, 0.15) is 0 Å². The fourth-order valence-electron chi connectivity index (χ4n) is 2.50. The Balaban J connectivity index is 1.73. The molecule has 3 rings (SSSR count). The highest BCUT2D eigenvalue weighted by molar-refractivity contribution is 7.89. The maximum atomic E-state index is 12.3. The molecule has 0 aromatic carbocycles. The van der Waals surface area contributed by atoms with Crippen LogP contribution >= 0.6 is 11.3 Å². The van der Waals surface area contributed by atoms with Crippen LogP contribution in [-0.4, -0.2) is 27.2 Å². The molecule has 1 aromatic rings. The summed E-state index contributed by atoms with van der Waals surface area (Å²) in [5.41, 5.74) is 5.52. The van der Waals surface area contributed by atoms with Gasteiger partial charge in [0.25, 0.3) is 0 Å². The van der Waals surface area contributed by atoms with Gasteiger partial charge < -0.3 is 10.5 Å². The maximum Gasteiger partial charge on any atom is 0.241 e.